The van der Waals surface area contributed by atoms with E-state index in [1.54, 1.807) is 6.92 Å². The van der Waals surface area contributed by atoms with Gasteiger partial charge in [-0.2, -0.15) is 0 Å². The molecule has 1 aromatic rings. The number of halogens is 1. The third-order valence-corrected chi connectivity index (χ3v) is 3.48. The van der Waals surface area contributed by atoms with Gasteiger partial charge in [-0.25, -0.2) is 4.79 Å². The molecule has 0 heterocycles. The van der Waals surface area contributed by atoms with Crippen molar-refractivity contribution in [3.8, 4) is 5.75 Å². The third-order valence-electron chi connectivity index (χ3n) is 2.86. The van der Waals surface area contributed by atoms with Crippen LogP contribution in [0.3, 0.4) is 0 Å². The number of esters is 1. The van der Waals surface area contributed by atoms with Crippen molar-refractivity contribution in [3.05, 3.63) is 28.2 Å². The lowest BCUT2D eigenvalue weighted by atomic mass is 10.0. The van der Waals surface area contributed by atoms with E-state index in [4.69, 9.17) is 10.5 Å². The Balaban J connectivity index is 2.74. The Morgan fingerprint density at radius 1 is 1.47 bits per heavy atom. The zero-order chi connectivity index (χ0) is 14.4. The van der Waals surface area contributed by atoms with E-state index in [0.717, 1.165) is 22.9 Å². The average molecular weight is 330 g/mol. The normalized spacial score (nSPS) is 13.7. The van der Waals surface area contributed by atoms with Gasteiger partial charge in [0.1, 0.15) is 5.75 Å². The van der Waals surface area contributed by atoms with Crippen molar-refractivity contribution in [2.45, 2.75) is 38.8 Å². The summed E-state index contributed by atoms with van der Waals surface area (Å²) in [6, 6.07) is 5.92. The predicted octanol–water partition coefficient (Wildman–Crippen LogP) is 2.67. The van der Waals surface area contributed by atoms with E-state index in [1.165, 1.54) is 7.11 Å². The Labute approximate surface area is 122 Å². The lowest BCUT2D eigenvalue weighted by Crippen LogP contribution is -2.25. The van der Waals surface area contributed by atoms with Crippen LogP contribution in [0.25, 0.3) is 0 Å². The number of hydrogen-bond donors (Lipinski definition) is 1. The van der Waals surface area contributed by atoms with Gasteiger partial charge in [-0.15, -0.1) is 0 Å². The summed E-state index contributed by atoms with van der Waals surface area (Å²) in [4.78, 5) is 11.3. The largest absolute Gasteiger partial charge is 0.478 e. The Kier molecular flexibility index (Phi) is 6.31. The van der Waals surface area contributed by atoms with E-state index < -0.39 is 12.1 Å². The Morgan fingerprint density at radius 2 is 2.16 bits per heavy atom. The molecule has 0 aliphatic carbocycles. The number of rotatable bonds is 6. The van der Waals surface area contributed by atoms with Crippen LogP contribution in [0.1, 0.15) is 25.8 Å². The van der Waals surface area contributed by atoms with Gasteiger partial charge < -0.3 is 15.2 Å². The van der Waals surface area contributed by atoms with Crippen molar-refractivity contribution in [3.63, 3.8) is 0 Å². The molecule has 1 rings (SSSR count). The maximum absolute atomic E-state index is 11.3. The van der Waals surface area contributed by atoms with Gasteiger partial charge in [0.15, 0.2) is 6.10 Å². The average Bonchev–Trinajstić information content (AvgIpc) is 2.40. The van der Waals surface area contributed by atoms with Gasteiger partial charge in [0, 0.05) is 6.04 Å². The second kappa shape index (κ2) is 7.50. The molecule has 1 aromatic carbocycles. The summed E-state index contributed by atoms with van der Waals surface area (Å²) in [5.41, 5.74) is 7.06. The Bertz CT molecular complexity index is 437. The topological polar surface area (TPSA) is 61.5 Å². The van der Waals surface area contributed by atoms with E-state index in [1.807, 2.05) is 18.2 Å². The maximum Gasteiger partial charge on any atom is 0.346 e. The standard InChI is InChI=1S/C14H20BrNO3/c1-4-11(16)7-10-5-6-13(12(15)8-10)19-9(2)14(17)18-3/h5-6,8-9,11H,4,7,16H2,1-3H3. The number of ether oxygens (including phenoxy) is 2. The summed E-state index contributed by atoms with van der Waals surface area (Å²) < 4.78 is 11.0. The second-order valence-electron chi connectivity index (χ2n) is 4.42. The number of nitrogens with two attached hydrogens (primary N) is 1. The molecular weight excluding hydrogens is 310 g/mol. The molecule has 0 aliphatic heterocycles. The van der Waals surface area contributed by atoms with Crippen molar-refractivity contribution in [1.29, 1.82) is 0 Å². The fourth-order valence-electron chi connectivity index (χ4n) is 1.62. The van der Waals surface area contributed by atoms with Gasteiger partial charge in [0.25, 0.3) is 0 Å². The molecule has 0 spiro atoms. The minimum absolute atomic E-state index is 0.160. The molecule has 0 bridgehead atoms. The van der Waals surface area contributed by atoms with Crippen LogP contribution in [0.15, 0.2) is 22.7 Å². The van der Waals surface area contributed by atoms with Crippen molar-refractivity contribution in [2.24, 2.45) is 5.73 Å². The Hall–Kier alpha value is -1.07. The monoisotopic (exact) mass is 329 g/mol. The van der Waals surface area contributed by atoms with Crippen LogP contribution < -0.4 is 10.5 Å². The van der Waals surface area contributed by atoms with E-state index in [2.05, 4.69) is 27.6 Å². The van der Waals surface area contributed by atoms with Gasteiger partial charge in [0.05, 0.1) is 11.6 Å². The molecule has 106 valence electrons. The van der Waals surface area contributed by atoms with Crippen LogP contribution in [0, 0.1) is 0 Å². The zero-order valence-electron chi connectivity index (χ0n) is 11.5. The van der Waals surface area contributed by atoms with Crippen LogP contribution in [-0.4, -0.2) is 25.2 Å². The lowest BCUT2D eigenvalue weighted by molar-refractivity contribution is -0.147. The van der Waals surface area contributed by atoms with Crippen LogP contribution in [0.5, 0.6) is 5.75 Å². The molecule has 2 N–H and O–H groups in total. The van der Waals surface area contributed by atoms with E-state index >= 15 is 0 Å². The van der Waals surface area contributed by atoms with E-state index in [0.29, 0.717) is 5.75 Å². The van der Waals surface area contributed by atoms with E-state index in [-0.39, 0.29) is 6.04 Å². The SMILES string of the molecule is CCC(N)Cc1ccc(OC(C)C(=O)OC)c(Br)c1. The van der Waals surface area contributed by atoms with E-state index in [9.17, 15) is 4.79 Å². The van der Waals surface area contributed by atoms with Gasteiger partial charge in [0.2, 0.25) is 0 Å². The summed E-state index contributed by atoms with van der Waals surface area (Å²) in [7, 11) is 1.34. The highest BCUT2D eigenvalue weighted by Gasteiger charge is 2.16. The van der Waals surface area contributed by atoms with Gasteiger partial charge >= 0.3 is 5.97 Å². The van der Waals surface area contributed by atoms with Crippen molar-refractivity contribution in [2.75, 3.05) is 7.11 Å². The van der Waals surface area contributed by atoms with Crippen LogP contribution in [-0.2, 0) is 16.0 Å². The number of methoxy groups -OCH3 is 1. The first-order valence-electron chi connectivity index (χ1n) is 6.26. The highest BCUT2D eigenvalue weighted by atomic mass is 79.9. The van der Waals surface area contributed by atoms with Crippen LogP contribution >= 0.6 is 15.9 Å². The highest BCUT2D eigenvalue weighted by molar-refractivity contribution is 9.10. The number of benzene rings is 1. The predicted molar refractivity (Wildman–Crippen MR) is 78.2 cm³/mol. The molecule has 0 aromatic heterocycles. The minimum Gasteiger partial charge on any atom is -0.478 e. The molecule has 19 heavy (non-hydrogen) atoms. The summed E-state index contributed by atoms with van der Waals surface area (Å²) in [5.74, 6) is 0.218. The molecule has 0 aliphatic rings. The molecule has 2 unspecified atom stereocenters. The summed E-state index contributed by atoms with van der Waals surface area (Å²) in [6.07, 6.45) is 1.13. The summed E-state index contributed by atoms with van der Waals surface area (Å²) in [6.45, 7) is 3.72. The fraction of sp³-hybridized carbons (Fsp3) is 0.500. The number of carbonyl (C=O) groups excluding carboxylic acids is 1. The van der Waals surface area contributed by atoms with Gasteiger partial charge in [-0.05, 0) is 53.4 Å². The number of hydrogen-bond acceptors (Lipinski definition) is 4. The smallest absolute Gasteiger partial charge is 0.346 e. The zero-order valence-corrected chi connectivity index (χ0v) is 13.1. The van der Waals surface area contributed by atoms with Crippen LogP contribution in [0.4, 0.5) is 0 Å². The molecule has 5 heteroatoms. The van der Waals surface area contributed by atoms with Gasteiger partial charge in [-0.1, -0.05) is 13.0 Å². The Morgan fingerprint density at radius 3 is 2.68 bits per heavy atom. The molecule has 0 radical (unpaired) electrons. The molecule has 0 amide bonds. The maximum atomic E-state index is 11.3. The first-order chi connectivity index (χ1) is 8.97. The number of carbonyl (C=O) groups is 1. The third kappa shape index (κ3) is 4.84. The second-order valence-corrected chi connectivity index (χ2v) is 5.27. The fourth-order valence-corrected chi connectivity index (χ4v) is 2.14. The molecular formula is C14H20BrNO3. The van der Waals surface area contributed by atoms with Crippen molar-refractivity contribution < 1.29 is 14.3 Å². The quantitative estimate of drug-likeness (QED) is 0.815. The summed E-state index contributed by atoms with van der Waals surface area (Å²) >= 11 is 3.44. The summed E-state index contributed by atoms with van der Waals surface area (Å²) in [5, 5.41) is 0. The lowest BCUT2D eigenvalue weighted by Gasteiger charge is -2.15. The van der Waals surface area contributed by atoms with Crippen molar-refractivity contribution in [1.82, 2.24) is 0 Å². The van der Waals surface area contributed by atoms with Crippen molar-refractivity contribution >= 4 is 21.9 Å². The first-order valence-corrected chi connectivity index (χ1v) is 7.05. The highest BCUT2D eigenvalue weighted by Crippen LogP contribution is 2.27. The molecule has 0 fully saturated rings. The minimum atomic E-state index is -0.634. The molecule has 0 saturated heterocycles. The van der Waals surface area contributed by atoms with Gasteiger partial charge in [-0.3, -0.25) is 0 Å². The molecule has 0 saturated carbocycles. The molecule has 4 nitrogen and oxygen atoms in total. The molecule has 2 atom stereocenters. The van der Waals surface area contributed by atoms with Crippen LogP contribution in [0.2, 0.25) is 0 Å². The first kappa shape index (κ1) is 16.0.